The van der Waals surface area contributed by atoms with E-state index in [0.29, 0.717) is 5.69 Å². The molecule has 10 heavy (non-hydrogen) atoms. The number of benzene rings is 1. The second kappa shape index (κ2) is 2.47. The van der Waals surface area contributed by atoms with E-state index >= 15 is 0 Å². The topological polar surface area (TPSA) is 38.4 Å². The van der Waals surface area contributed by atoms with Crippen LogP contribution in [-0.2, 0) is 0 Å². The van der Waals surface area contributed by atoms with Gasteiger partial charge in [0.15, 0.2) is 0 Å². The monoisotopic (exact) mass is 138 g/mol. The molecule has 0 atom stereocenters. The summed E-state index contributed by atoms with van der Waals surface area (Å²) < 4.78 is 12.4. The maximum absolute atomic E-state index is 12.4. The molecule has 0 aliphatic carbocycles. The zero-order valence-electron chi connectivity index (χ0n) is 5.34. The first-order valence-electron chi connectivity index (χ1n) is 2.76. The van der Waals surface area contributed by atoms with Crippen molar-refractivity contribution in [3.8, 4) is 0 Å². The Morgan fingerprint density at radius 3 is 2.70 bits per heavy atom. The first kappa shape index (κ1) is 6.74. The highest BCUT2D eigenvalue weighted by Gasteiger charge is 1.95. The van der Waals surface area contributed by atoms with E-state index in [2.05, 4.69) is 11.7 Å². The van der Waals surface area contributed by atoms with Gasteiger partial charge in [-0.2, -0.15) is 0 Å². The van der Waals surface area contributed by atoms with Gasteiger partial charge < -0.3 is 5.73 Å². The third-order valence-corrected chi connectivity index (χ3v) is 1.16. The number of hydrogen-bond donors (Lipinski definition) is 1. The summed E-state index contributed by atoms with van der Waals surface area (Å²) >= 11 is 0. The van der Waals surface area contributed by atoms with Crippen molar-refractivity contribution in [3.63, 3.8) is 0 Å². The summed E-state index contributed by atoms with van der Waals surface area (Å²) in [4.78, 5) is 3.58. The molecular weight excluding hydrogens is 131 g/mol. The molecule has 1 aromatic carbocycles. The molecule has 0 bridgehead atoms. The van der Waals surface area contributed by atoms with E-state index in [9.17, 15) is 4.39 Å². The molecule has 0 saturated carbocycles. The van der Waals surface area contributed by atoms with Gasteiger partial charge in [0.05, 0.1) is 11.4 Å². The molecule has 2 nitrogen and oxygen atoms in total. The Balaban J connectivity index is 3.16. The van der Waals surface area contributed by atoms with Crippen LogP contribution in [0.1, 0.15) is 0 Å². The first-order valence-corrected chi connectivity index (χ1v) is 2.76. The van der Waals surface area contributed by atoms with Crippen LogP contribution in [0.25, 0.3) is 0 Å². The van der Waals surface area contributed by atoms with E-state index in [4.69, 9.17) is 5.73 Å². The Labute approximate surface area is 58.2 Å². The third-order valence-electron chi connectivity index (χ3n) is 1.16. The van der Waals surface area contributed by atoms with Gasteiger partial charge in [-0.25, -0.2) is 4.39 Å². The SMILES string of the molecule is C=Nc1ccc(F)c(N)c1. The van der Waals surface area contributed by atoms with Crippen LogP contribution in [0.5, 0.6) is 0 Å². The highest BCUT2D eigenvalue weighted by atomic mass is 19.1. The third kappa shape index (κ3) is 1.13. The zero-order chi connectivity index (χ0) is 7.56. The predicted octanol–water partition coefficient (Wildman–Crippen LogP) is 1.74. The van der Waals surface area contributed by atoms with Crippen LogP contribution in [0, 0.1) is 5.82 Å². The van der Waals surface area contributed by atoms with Gasteiger partial charge in [-0.05, 0) is 24.9 Å². The molecule has 0 amide bonds. The molecule has 1 aromatic rings. The van der Waals surface area contributed by atoms with Gasteiger partial charge in [0, 0.05) is 0 Å². The Morgan fingerprint density at radius 1 is 1.50 bits per heavy atom. The van der Waals surface area contributed by atoms with Gasteiger partial charge in [0.2, 0.25) is 0 Å². The minimum Gasteiger partial charge on any atom is -0.396 e. The van der Waals surface area contributed by atoms with Crippen LogP contribution in [0.4, 0.5) is 15.8 Å². The minimum atomic E-state index is -0.424. The average molecular weight is 138 g/mol. The number of hydrogen-bond acceptors (Lipinski definition) is 2. The summed E-state index contributed by atoms with van der Waals surface area (Å²) in [5.41, 5.74) is 5.92. The molecule has 0 saturated heterocycles. The lowest BCUT2D eigenvalue weighted by Crippen LogP contribution is -1.87. The van der Waals surface area contributed by atoms with Crippen molar-refractivity contribution in [1.29, 1.82) is 0 Å². The molecule has 52 valence electrons. The van der Waals surface area contributed by atoms with Gasteiger partial charge in [-0.1, -0.05) is 0 Å². The van der Waals surface area contributed by atoms with Crippen molar-refractivity contribution >= 4 is 18.1 Å². The van der Waals surface area contributed by atoms with E-state index < -0.39 is 5.82 Å². The Kier molecular flexibility index (Phi) is 1.67. The molecule has 0 spiro atoms. The molecule has 0 aromatic heterocycles. The molecule has 0 radical (unpaired) electrons. The highest BCUT2D eigenvalue weighted by Crippen LogP contribution is 2.17. The maximum atomic E-state index is 12.4. The quantitative estimate of drug-likeness (QED) is 0.466. The number of nitrogens with two attached hydrogens (primary N) is 1. The number of nitrogen functional groups attached to an aromatic ring is 1. The molecule has 0 aliphatic rings. The molecular formula is C7H7FN2. The van der Waals surface area contributed by atoms with Crippen molar-refractivity contribution in [3.05, 3.63) is 24.0 Å². The fourth-order valence-electron chi connectivity index (χ4n) is 0.629. The normalized spacial score (nSPS) is 9.30. The summed E-state index contributed by atoms with van der Waals surface area (Å²) in [6.07, 6.45) is 0. The fourth-order valence-corrected chi connectivity index (χ4v) is 0.629. The lowest BCUT2D eigenvalue weighted by molar-refractivity contribution is 0.632. The number of nitrogens with zero attached hydrogens (tertiary/aromatic N) is 1. The molecule has 0 heterocycles. The van der Waals surface area contributed by atoms with Crippen LogP contribution in [0.2, 0.25) is 0 Å². The van der Waals surface area contributed by atoms with Crippen LogP contribution >= 0.6 is 0 Å². The molecule has 3 heteroatoms. The summed E-state index contributed by atoms with van der Waals surface area (Å²) in [6, 6.07) is 4.21. The summed E-state index contributed by atoms with van der Waals surface area (Å²) in [5.74, 6) is -0.424. The van der Waals surface area contributed by atoms with Crippen molar-refractivity contribution in [2.45, 2.75) is 0 Å². The van der Waals surface area contributed by atoms with Crippen molar-refractivity contribution in [1.82, 2.24) is 0 Å². The largest absolute Gasteiger partial charge is 0.396 e. The average Bonchev–Trinajstić information content (AvgIpc) is 1.95. The van der Waals surface area contributed by atoms with Crippen molar-refractivity contribution in [2.75, 3.05) is 5.73 Å². The summed E-state index contributed by atoms with van der Waals surface area (Å²) in [7, 11) is 0. The summed E-state index contributed by atoms with van der Waals surface area (Å²) in [6.45, 7) is 3.27. The van der Waals surface area contributed by atoms with Crippen LogP contribution in [0.3, 0.4) is 0 Å². The van der Waals surface area contributed by atoms with Gasteiger partial charge in [0.25, 0.3) is 0 Å². The number of aliphatic imine (C=N–C) groups is 1. The minimum absolute atomic E-state index is 0.102. The summed E-state index contributed by atoms with van der Waals surface area (Å²) in [5, 5.41) is 0. The Hall–Kier alpha value is -1.38. The molecule has 0 unspecified atom stereocenters. The van der Waals surface area contributed by atoms with Crippen LogP contribution < -0.4 is 5.73 Å². The van der Waals surface area contributed by atoms with E-state index in [1.807, 2.05) is 0 Å². The smallest absolute Gasteiger partial charge is 0.146 e. The number of halogens is 1. The van der Waals surface area contributed by atoms with Gasteiger partial charge in [0.1, 0.15) is 5.82 Å². The Bertz CT molecular complexity index is 258. The molecule has 0 aliphatic heterocycles. The van der Waals surface area contributed by atoms with Crippen LogP contribution in [-0.4, -0.2) is 6.72 Å². The second-order valence-corrected chi connectivity index (χ2v) is 1.86. The van der Waals surface area contributed by atoms with Crippen molar-refractivity contribution in [2.24, 2.45) is 4.99 Å². The van der Waals surface area contributed by atoms with Gasteiger partial charge >= 0.3 is 0 Å². The van der Waals surface area contributed by atoms with Crippen LogP contribution in [0.15, 0.2) is 23.2 Å². The van der Waals surface area contributed by atoms with E-state index in [0.717, 1.165) is 0 Å². The lowest BCUT2D eigenvalue weighted by atomic mass is 10.3. The predicted molar refractivity (Wildman–Crippen MR) is 40.0 cm³/mol. The molecule has 1 rings (SSSR count). The van der Waals surface area contributed by atoms with E-state index in [1.54, 1.807) is 0 Å². The number of anilines is 1. The zero-order valence-corrected chi connectivity index (χ0v) is 5.34. The van der Waals surface area contributed by atoms with Gasteiger partial charge in [-0.15, -0.1) is 0 Å². The number of rotatable bonds is 1. The fraction of sp³-hybridized carbons (Fsp3) is 0. The van der Waals surface area contributed by atoms with Crippen molar-refractivity contribution < 1.29 is 4.39 Å². The standard InChI is InChI=1S/C7H7FN2/c1-10-5-2-3-6(8)7(9)4-5/h2-4H,1,9H2. The molecule has 0 fully saturated rings. The maximum Gasteiger partial charge on any atom is 0.146 e. The Morgan fingerprint density at radius 2 is 2.20 bits per heavy atom. The lowest BCUT2D eigenvalue weighted by Gasteiger charge is -1.95. The first-order chi connectivity index (χ1) is 4.74. The van der Waals surface area contributed by atoms with E-state index in [1.165, 1.54) is 18.2 Å². The van der Waals surface area contributed by atoms with Gasteiger partial charge in [-0.3, -0.25) is 4.99 Å². The van der Waals surface area contributed by atoms with E-state index in [-0.39, 0.29) is 5.69 Å². The second-order valence-electron chi connectivity index (χ2n) is 1.86. The highest BCUT2D eigenvalue weighted by molar-refractivity contribution is 5.54. The molecule has 2 N–H and O–H groups in total.